The van der Waals surface area contributed by atoms with E-state index in [0.29, 0.717) is 5.82 Å². The maximum atomic E-state index is 5.30. The summed E-state index contributed by atoms with van der Waals surface area (Å²) in [6.07, 6.45) is 0. The third kappa shape index (κ3) is 5.45. The molecular weight excluding hydrogens is 637 g/mol. The molecular formula is C48H30N2S. The van der Waals surface area contributed by atoms with Crippen LogP contribution in [0.5, 0.6) is 0 Å². The SMILES string of the molecule is c1ccc(-c2cc(-c3cc(-c4ccc5ccccc5c4)cc(-c4ccc5c(c4)sc4ccccc45)c3)nc(-c3ccc4ccccc4c3)n2)cc1. The lowest BCUT2D eigenvalue weighted by Gasteiger charge is -2.14. The lowest BCUT2D eigenvalue weighted by Crippen LogP contribution is -1.96. The van der Waals surface area contributed by atoms with Crippen molar-refractivity contribution in [3.8, 4) is 56.2 Å². The van der Waals surface area contributed by atoms with Crippen LogP contribution in [0.15, 0.2) is 182 Å². The highest BCUT2D eigenvalue weighted by Gasteiger charge is 2.15. The zero-order valence-corrected chi connectivity index (χ0v) is 28.4. The van der Waals surface area contributed by atoms with Crippen molar-refractivity contribution in [1.29, 1.82) is 0 Å². The fourth-order valence-electron chi connectivity index (χ4n) is 7.19. The maximum absolute atomic E-state index is 5.30. The molecule has 0 aliphatic carbocycles. The second-order valence-corrected chi connectivity index (χ2v) is 14.1. The van der Waals surface area contributed by atoms with Gasteiger partial charge in [0.05, 0.1) is 11.4 Å². The molecule has 238 valence electrons. The van der Waals surface area contributed by atoms with E-state index in [1.54, 1.807) is 0 Å². The maximum Gasteiger partial charge on any atom is 0.160 e. The molecule has 0 unspecified atom stereocenters. The van der Waals surface area contributed by atoms with Gasteiger partial charge in [0.2, 0.25) is 0 Å². The molecule has 0 amide bonds. The third-order valence-electron chi connectivity index (χ3n) is 9.83. The normalized spacial score (nSPS) is 11.5. The first kappa shape index (κ1) is 29.5. The van der Waals surface area contributed by atoms with Crippen LogP contribution in [-0.4, -0.2) is 9.97 Å². The minimum Gasteiger partial charge on any atom is -0.228 e. The molecule has 3 heteroatoms. The van der Waals surface area contributed by atoms with E-state index in [2.05, 4.69) is 176 Å². The van der Waals surface area contributed by atoms with E-state index in [4.69, 9.17) is 9.97 Å². The predicted molar refractivity (Wildman–Crippen MR) is 217 cm³/mol. The van der Waals surface area contributed by atoms with Crippen molar-refractivity contribution in [3.63, 3.8) is 0 Å². The Morgan fingerprint density at radius 3 is 1.57 bits per heavy atom. The molecule has 0 radical (unpaired) electrons. The van der Waals surface area contributed by atoms with E-state index in [-0.39, 0.29) is 0 Å². The first-order chi connectivity index (χ1) is 25.2. The summed E-state index contributed by atoms with van der Waals surface area (Å²) in [4.78, 5) is 10.4. The van der Waals surface area contributed by atoms with Gasteiger partial charge in [0.1, 0.15) is 0 Å². The highest BCUT2D eigenvalue weighted by molar-refractivity contribution is 7.25. The van der Waals surface area contributed by atoms with Gasteiger partial charge in [-0.05, 0) is 92.3 Å². The van der Waals surface area contributed by atoms with Crippen LogP contribution in [0.3, 0.4) is 0 Å². The molecule has 0 spiro atoms. The van der Waals surface area contributed by atoms with Crippen LogP contribution in [0.4, 0.5) is 0 Å². The molecule has 0 fully saturated rings. The van der Waals surface area contributed by atoms with Crippen LogP contribution in [0.25, 0.3) is 97.9 Å². The van der Waals surface area contributed by atoms with E-state index < -0.39 is 0 Å². The number of aromatic nitrogens is 2. The fraction of sp³-hybridized carbons (Fsp3) is 0. The van der Waals surface area contributed by atoms with Gasteiger partial charge in [-0.2, -0.15) is 0 Å². The highest BCUT2D eigenvalue weighted by Crippen LogP contribution is 2.39. The first-order valence-corrected chi connectivity index (χ1v) is 18.0. The van der Waals surface area contributed by atoms with Gasteiger partial charge in [-0.15, -0.1) is 11.3 Å². The predicted octanol–water partition coefficient (Wildman–Crippen LogP) is 13.5. The summed E-state index contributed by atoms with van der Waals surface area (Å²) in [7, 11) is 0. The Bertz CT molecular complexity index is 2920. The van der Waals surface area contributed by atoms with E-state index in [1.807, 2.05) is 17.4 Å². The number of benzene rings is 8. The largest absolute Gasteiger partial charge is 0.228 e. The second-order valence-electron chi connectivity index (χ2n) is 13.1. The topological polar surface area (TPSA) is 25.8 Å². The van der Waals surface area contributed by atoms with Gasteiger partial charge in [-0.25, -0.2) is 9.97 Å². The Hall–Kier alpha value is -6.42. The van der Waals surface area contributed by atoms with Gasteiger partial charge in [0, 0.05) is 36.9 Å². The average Bonchev–Trinajstić information content (AvgIpc) is 3.58. The van der Waals surface area contributed by atoms with E-state index in [9.17, 15) is 0 Å². The molecule has 0 saturated carbocycles. The quantitative estimate of drug-likeness (QED) is 0.183. The summed E-state index contributed by atoms with van der Waals surface area (Å²) in [6, 6.07) is 65.2. The number of nitrogens with zero attached hydrogens (tertiary/aromatic N) is 2. The minimum absolute atomic E-state index is 0.710. The number of rotatable bonds is 5. The fourth-order valence-corrected chi connectivity index (χ4v) is 8.34. The summed E-state index contributed by atoms with van der Waals surface area (Å²) in [5, 5.41) is 7.43. The van der Waals surface area contributed by atoms with Crippen LogP contribution < -0.4 is 0 Å². The van der Waals surface area contributed by atoms with Crippen LogP contribution in [0, 0.1) is 0 Å². The van der Waals surface area contributed by atoms with Crippen molar-refractivity contribution in [3.05, 3.63) is 182 Å². The lowest BCUT2D eigenvalue weighted by molar-refractivity contribution is 1.18. The number of hydrogen-bond acceptors (Lipinski definition) is 3. The second kappa shape index (κ2) is 12.2. The molecule has 0 aliphatic heterocycles. The summed E-state index contributed by atoms with van der Waals surface area (Å²) in [6.45, 7) is 0. The van der Waals surface area contributed by atoms with Crippen LogP contribution in [0.2, 0.25) is 0 Å². The first-order valence-electron chi connectivity index (χ1n) is 17.2. The standard InChI is InChI=1S/C48H30N2S/c1-2-12-33(13-3-1)44-30-45(50-48(49-44)38-21-19-32-11-5-7-15-35(32)25-38)41-27-39(36-20-18-31-10-4-6-14-34(31)24-36)26-40(28-41)37-22-23-43-42-16-8-9-17-46(42)51-47(43)29-37/h1-30H. The number of thiophene rings is 1. The summed E-state index contributed by atoms with van der Waals surface area (Å²) < 4.78 is 2.60. The van der Waals surface area contributed by atoms with Gasteiger partial charge in [-0.3, -0.25) is 0 Å². The molecule has 51 heavy (non-hydrogen) atoms. The van der Waals surface area contributed by atoms with Gasteiger partial charge in [-0.1, -0.05) is 133 Å². The Labute approximate surface area is 300 Å². The van der Waals surface area contributed by atoms with Crippen LogP contribution in [-0.2, 0) is 0 Å². The van der Waals surface area contributed by atoms with Crippen molar-refractivity contribution in [1.82, 2.24) is 9.97 Å². The Kier molecular flexibility index (Phi) is 7.04. The summed E-state index contributed by atoms with van der Waals surface area (Å²) >= 11 is 1.85. The molecule has 0 N–H and O–H groups in total. The van der Waals surface area contributed by atoms with E-state index in [1.165, 1.54) is 52.8 Å². The van der Waals surface area contributed by atoms with Crippen molar-refractivity contribution in [2.24, 2.45) is 0 Å². The monoisotopic (exact) mass is 666 g/mol. The molecule has 0 aliphatic rings. The molecule has 10 rings (SSSR count). The lowest BCUT2D eigenvalue weighted by atomic mass is 9.93. The molecule has 0 saturated heterocycles. The smallest absolute Gasteiger partial charge is 0.160 e. The third-order valence-corrected chi connectivity index (χ3v) is 11.0. The molecule has 0 bridgehead atoms. The van der Waals surface area contributed by atoms with Gasteiger partial charge in [0.25, 0.3) is 0 Å². The summed E-state index contributed by atoms with van der Waals surface area (Å²) in [5.41, 5.74) is 9.55. The molecule has 8 aromatic carbocycles. The van der Waals surface area contributed by atoms with Crippen molar-refractivity contribution >= 4 is 53.1 Å². The molecule has 2 aromatic heterocycles. The van der Waals surface area contributed by atoms with Crippen LogP contribution >= 0.6 is 11.3 Å². The van der Waals surface area contributed by atoms with Crippen molar-refractivity contribution < 1.29 is 0 Å². The number of fused-ring (bicyclic) bond motifs is 5. The average molecular weight is 667 g/mol. The summed E-state index contributed by atoms with van der Waals surface area (Å²) in [5.74, 6) is 0.710. The molecule has 2 heterocycles. The van der Waals surface area contributed by atoms with Crippen molar-refractivity contribution in [2.75, 3.05) is 0 Å². The molecule has 0 atom stereocenters. The van der Waals surface area contributed by atoms with Gasteiger partial charge >= 0.3 is 0 Å². The Morgan fingerprint density at radius 1 is 0.294 bits per heavy atom. The van der Waals surface area contributed by atoms with E-state index >= 15 is 0 Å². The molecule has 10 aromatic rings. The molecule has 2 nitrogen and oxygen atoms in total. The number of hydrogen-bond donors (Lipinski definition) is 0. The van der Waals surface area contributed by atoms with Crippen LogP contribution in [0.1, 0.15) is 0 Å². The Balaban J connectivity index is 1.20. The minimum atomic E-state index is 0.710. The van der Waals surface area contributed by atoms with E-state index in [0.717, 1.165) is 39.2 Å². The Morgan fingerprint density at radius 2 is 0.824 bits per heavy atom. The van der Waals surface area contributed by atoms with Gasteiger partial charge < -0.3 is 0 Å². The van der Waals surface area contributed by atoms with Gasteiger partial charge in [0.15, 0.2) is 5.82 Å². The zero-order chi connectivity index (χ0) is 33.7. The highest BCUT2D eigenvalue weighted by atomic mass is 32.1. The van der Waals surface area contributed by atoms with Crippen molar-refractivity contribution in [2.45, 2.75) is 0 Å². The zero-order valence-electron chi connectivity index (χ0n) is 27.6.